The molecule has 1 unspecified atom stereocenters. The standard InChI is InChI=1S/C16H23N3O6S/c1-25-16(22)14(18-7-9-19(10-8-18)26(2,23)24)11-17-15(21)12-3-5-13(20)6-4-12/h3-6,14,20H,7-11H2,1-2H3,(H,17,21). The Kier molecular flexibility index (Phi) is 6.57. The predicted molar refractivity (Wildman–Crippen MR) is 94.2 cm³/mol. The van der Waals surface area contributed by atoms with E-state index in [1.807, 2.05) is 0 Å². The molecular formula is C16H23N3O6S. The Morgan fingerprint density at radius 1 is 1.19 bits per heavy atom. The van der Waals surface area contributed by atoms with Gasteiger partial charge < -0.3 is 15.2 Å². The molecule has 1 aliphatic rings. The maximum atomic E-state index is 12.2. The number of nitrogens with zero attached hydrogens (tertiary/aromatic N) is 2. The molecule has 1 amide bonds. The third-order valence-corrected chi connectivity index (χ3v) is 5.54. The Balaban J connectivity index is 1.99. The second-order valence-electron chi connectivity index (χ2n) is 5.99. The second-order valence-corrected chi connectivity index (χ2v) is 7.98. The molecule has 2 N–H and O–H groups in total. The van der Waals surface area contributed by atoms with Crippen LogP contribution in [0.4, 0.5) is 0 Å². The number of sulfonamides is 1. The van der Waals surface area contributed by atoms with E-state index in [-0.39, 0.29) is 31.3 Å². The second kappa shape index (κ2) is 8.47. The molecule has 1 aliphatic heterocycles. The molecule has 1 aromatic carbocycles. The molecule has 0 bridgehead atoms. The van der Waals surface area contributed by atoms with Crippen molar-refractivity contribution in [2.24, 2.45) is 0 Å². The number of benzene rings is 1. The van der Waals surface area contributed by atoms with E-state index in [1.165, 1.54) is 35.7 Å². The summed E-state index contributed by atoms with van der Waals surface area (Å²) >= 11 is 0. The van der Waals surface area contributed by atoms with Crippen LogP contribution in [0.25, 0.3) is 0 Å². The molecule has 1 heterocycles. The van der Waals surface area contributed by atoms with Gasteiger partial charge in [-0.25, -0.2) is 8.42 Å². The molecule has 26 heavy (non-hydrogen) atoms. The van der Waals surface area contributed by atoms with Gasteiger partial charge in [0, 0.05) is 38.3 Å². The summed E-state index contributed by atoms with van der Waals surface area (Å²) in [6.45, 7) is 1.31. The molecule has 144 valence electrons. The van der Waals surface area contributed by atoms with Gasteiger partial charge in [0.2, 0.25) is 10.0 Å². The van der Waals surface area contributed by atoms with Crippen molar-refractivity contribution in [2.45, 2.75) is 6.04 Å². The quantitative estimate of drug-likeness (QED) is 0.618. The minimum absolute atomic E-state index is 0.0330. The van der Waals surface area contributed by atoms with Crippen molar-refractivity contribution in [3.05, 3.63) is 29.8 Å². The molecule has 1 fully saturated rings. The van der Waals surface area contributed by atoms with Gasteiger partial charge in [0.05, 0.1) is 13.4 Å². The van der Waals surface area contributed by atoms with E-state index in [9.17, 15) is 23.1 Å². The first-order valence-electron chi connectivity index (χ1n) is 8.06. The van der Waals surface area contributed by atoms with Gasteiger partial charge in [-0.2, -0.15) is 4.31 Å². The minimum atomic E-state index is -3.27. The van der Waals surface area contributed by atoms with Crippen molar-refractivity contribution in [2.75, 3.05) is 46.1 Å². The third-order valence-electron chi connectivity index (χ3n) is 4.24. The van der Waals surface area contributed by atoms with E-state index in [0.29, 0.717) is 18.7 Å². The summed E-state index contributed by atoms with van der Waals surface area (Å²) in [5.41, 5.74) is 0.355. The van der Waals surface area contributed by atoms with E-state index in [2.05, 4.69) is 5.32 Å². The maximum absolute atomic E-state index is 12.2. The molecule has 0 spiro atoms. The summed E-state index contributed by atoms with van der Waals surface area (Å²) in [5, 5.41) is 11.9. The fourth-order valence-corrected chi connectivity index (χ4v) is 3.58. The van der Waals surface area contributed by atoms with E-state index >= 15 is 0 Å². The van der Waals surface area contributed by atoms with Crippen LogP contribution in [-0.4, -0.2) is 86.7 Å². The lowest BCUT2D eigenvalue weighted by Gasteiger charge is -2.37. The third kappa shape index (κ3) is 5.16. The fraction of sp³-hybridized carbons (Fsp3) is 0.500. The zero-order valence-corrected chi connectivity index (χ0v) is 15.5. The molecule has 0 aliphatic carbocycles. The highest BCUT2D eigenvalue weighted by Crippen LogP contribution is 2.12. The number of phenols is 1. The molecule has 9 nitrogen and oxygen atoms in total. The number of ether oxygens (including phenoxy) is 1. The summed E-state index contributed by atoms with van der Waals surface area (Å²) in [5.74, 6) is -0.824. The summed E-state index contributed by atoms with van der Waals surface area (Å²) in [6.07, 6.45) is 1.15. The average molecular weight is 385 g/mol. The number of aromatic hydroxyl groups is 1. The summed E-state index contributed by atoms with van der Waals surface area (Å²) in [7, 11) is -2.00. The van der Waals surface area contributed by atoms with Crippen LogP contribution in [0.1, 0.15) is 10.4 Å². The van der Waals surface area contributed by atoms with Crippen LogP contribution < -0.4 is 5.32 Å². The smallest absolute Gasteiger partial charge is 0.324 e. The number of hydrogen-bond donors (Lipinski definition) is 2. The molecule has 1 aromatic rings. The normalized spacial score (nSPS) is 17.5. The molecule has 1 saturated heterocycles. The molecule has 2 rings (SSSR count). The lowest BCUT2D eigenvalue weighted by molar-refractivity contribution is -0.147. The van der Waals surface area contributed by atoms with Crippen molar-refractivity contribution in [3.63, 3.8) is 0 Å². The van der Waals surface area contributed by atoms with Crippen molar-refractivity contribution >= 4 is 21.9 Å². The van der Waals surface area contributed by atoms with E-state index in [1.54, 1.807) is 4.90 Å². The van der Waals surface area contributed by atoms with E-state index < -0.39 is 22.0 Å². The molecule has 10 heteroatoms. The first-order chi connectivity index (χ1) is 12.2. The Morgan fingerprint density at radius 3 is 2.27 bits per heavy atom. The Bertz CT molecular complexity index is 742. The van der Waals surface area contributed by atoms with Gasteiger partial charge in [-0.15, -0.1) is 0 Å². The first kappa shape index (κ1) is 20.1. The van der Waals surface area contributed by atoms with E-state index in [4.69, 9.17) is 4.74 Å². The fourth-order valence-electron chi connectivity index (χ4n) is 2.75. The Morgan fingerprint density at radius 2 is 1.77 bits per heavy atom. The number of methoxy groups -OCH3 is 1. The van der Waals surface area contributed by atoms with Gasteiger partial charge in [-0.1, -0.05) is 0 Å². The number of carbonyl (C=O) groups excluding carboxylic acids is 2. The number of rotatable bonds is 6. The van der Waals surface area contributed by atoms with E-state index in [0.717, 1.165) is 6.26 Å². The van der Waals surface area contributed by atoms with Crippen LogP contribution in [0.5, 0.6) is 5.75 Å². The minimum Gasteiger partial charge on any atom is -0.508 e. The van der Waals surface area contributed by atoms with Crippen LogP contribution in [0.3, 0.4) is 0 Å². The number of nitrogens with one attached hydrogen (secondary N) is 1. The zero-order chi connectivity index (χ0) is 19.3. The number of hydrogen-bond acceptors (Lipinski definition) is 7. The SMILES string of the molecule is COC(=O)C(CNC(=O)c1ccc(O)cc1)N1CCN(S(C)(=O)=O)CC1. The first-order valence-corrected chi connectivity index (χ1v) is 9.91. The van der Waals surface area contributed by atoms with Crippen molar-refractivity contribution in [1.82, 2.24) is 14.5 Å². The highest BCUT2D eigenvalue weighted by Gasteiger charge is 2.32. The Hall–Kier alpha value is -2.17. The van der Waals surface area contributed by atoms with Crippen LogP contribution >= 0.6 is 0 Å². The maximum Gasteiger partial charge on any atom is 0.324 e. The molecule has 0 radical (unpaired) electrons. The van der Waals surface area contributed by atoms with Gasteiger partial charge >= 0.3 is 5.97 Å². The molecule has 0 aromatic heterocycles. The summed E-state index contributed by atoms with van der Waals surface area (Å²) < 4.78 is 29.4. The Labute approximate surface area is 152 Å². The van der Waals surface area contributed by atoms with Crippen LogP contribution in [0, 0.1) is 0 Å². The average Bonchev–Trinajstić information content (AvgIpc) is 2.61. The van der Waals surface area contributed by atoms with Crippen molar-refractivity contribution in [1.29, 1.82) is 0 Å². The highest BCUT2D eigenvalue weighted by atomic mass is 32.2. The molecular weight excluding hydrogens is 362 g/mol. The molecule has 0 saturated carbocycles. The highest BCUT2D eigenvalue weighted by molar-refractivity contribution is 7.88. The summed E-state index contributed by atoms with van der Waals surface area (Å²) in [6, 6.07) is 5.04. The zero-order valence-electron chi connectivity index (χ0n) is 14.7. The number of amides is 1. The van der Waals surface area contributed by atoms with Gasteiger partial charge in [0.15, 0.2) is 0 Å². The predicted octanol–water partition coefficient (Wildman–Crippen LogP) is -0.759. The number of carbonyl (C=O) groups is 2. The number of phenolic OH excluding ortho intramolecular Hbond substituents is 1. The molecule has 1 atom stereocenters. The van der Waals surface area contributed by atoms with Crippen molar-refractivity contribution in [3.8, 4) is 5.75 Å². The largest absolute Gasteiger partial charge is 0.508 e. The lowest BCUT2D eigenvalue weighted by Crippen LogP contribution is -2.57. The van der Waals surface area contributed by atoms with Gasteiger partial charge in [0.1, 0.15) is 11.8 Å². The van der Waals surface area contributed by atoms with Crippen molar-refractivity contribution < 1.29 is 27.9 Å². The monoisotopic (exact) mass is 385 g/mol. The topological polar surface area (TPSA) is 116 Å². The van der Waals surface area contributed by atoms with Crippen LogP contribution in [0.15, 0.2) is 24.3 Å². The lowest BCUT2D eigenvalue weighted by atomic mass is 10.1. The van der Waals surface area contributed by atoms with Crippen LogP contribution in [0.2, 0.25) is 0 Å². The van der Waals surface area contributed by atoms with Gasteiger partial charge in [-0.05, 0) is 24.3 Å². The summed E-state index contributed by atoms with van der Waals surface area (Å²) in [4.78, 5) is 26.1. The number of piperazine rings is 1. The van der Waals surface area contributed by atoms with Gasteiger partial charge in [-0.3, -0.25) is 14.5 Å². The van der Waals surface area contributed by atoms with Gasteiger partial charge in [0.25, 0.3) is 5.91 Å². The number of esters is 1. The van der Waals surface area contributed by atoms with Crippen LogP contribution in [-0.2, 0) is 19.6 Å².